The van der Waals surface area contributed by atoms with Crippen LogP contribution in [-0.2, 0) is 22.3 Å². The zero-order valence-electron chi connectivity index (χ0n) is 15.1. The van der Waals surface area contributed by atoms with Gasteiger partial charge in [-0.15, -0.1) is 0 Å². The van der Waals surface area contributed by atoms with Gasteiger partial charge in [-0.3, -0.25) is 0 Å². The van der Waals surface area contributed by atoms with Crippen LogP contribution in [-0.4, -0.2) is 24.2 Å². The maximum absolute atomic E-state index is 11.0. The summed E-state index contributed by atoms with van der Waals surface area (Å²) in [5.74, 6) is 1.33. The van der Waals surface area contributed by atoms with E-state index in [-0.39, 0.29) is 41.1 Å². The Morgan fingerprint density at radius 1 is 1.24 bits per heavy atom. The molecule has 0 spiro atoms. The van der Waals surface area contributed by atoms with Gasteiger partial charge in [0.1, 0.15) is 0 Å². The number of rotatable bonds is 2. The van der Waals surface area contributed by atoms with E-state index in [4.69, 9.17) is 0 Å². The zero-order valence-corrected chi connectivity index (χ0v) is 17.9. The number of aliphatic hydroxyl groups excluding tert-OH is 1. The first-order chi connectivity index (χ1) is 11.3. The van der Waals surface area contributed by atoms with Crippen molar-refractivity contribution >= 4 is 10.1 Å². The summed E-state index contributed by atoms with van der Waals surface area (Å²) in [6.07, 6.45) is 6.12. The molecule has 25 heavy (non-hydrogen) atoms. The molecule has 3 aliphatic rings. The molecule has 3 aliphatic carbocycles. The van der Waals surface area contributed by atoms with Gasteiger partial charge in [0.2, 0.25) is 0 Å². The molecule has 0 saturated heterocycles. The summed E-state index contributed by atoms with van der Waals surface area (Å²) >= 11 is 0. The fourth-order valence-electron chi connectivity index (χ4n) is 5.90. The smallest absolute Gasteiger partial charge is 0.748 e. The van der Waals surface area contributed by atoms with E-state index in [0.29, 0.717) is 23.3 Å². The first-order valence-electron chi connectivity index (χ1n) is 9.01. The van der Waals surface area contributed by atoms with Gasteiger partial charge >= 0.3 is 29.6 Å². The number of fused-ring (bicyclic) bond motifs is 5. The fourth-order valence-corrected chi connectivity index (χ4v) is 6.49. The number of hydrogen-bond acceptors (Lipinski definition) is 4. The molecule has 4 nitrogen and oxygen atoms in total. The molecule has 5 atom stereocenters. The van der Waals surface area contributed by atoms with Crippen molar-refractivity contribution < 1.29 is 47.6 Å². The van der Waals surface area contributed by atoms with Gasteiger partial charge in [0, 0.05) is 0 Å². The van der Waals surface area contributed by atoms with E-state index in [1.165, 1.54) is 11.1 Å². The largest absolute Gasteiger partial charge is 1.00 e. The Hall–Kier alpha value is 0.0900. The second kappa shape index (κ2) is 6.92. The molecule has 0 aliphatic heterocycles. The molecule has 1 unspecified atom stereocenters. The van der Waals surface area contributed by atoms with Gasteiger partial charge in [-0.25, -0.2) is 8.42 Å². The fraction of sp³-hybridized carbons (Fsp3) is 0.684. The van der Waals surface area contributed by atoms with Gasteiger partial charge < -0.3 is 9.66 Å². The quantitative estimate of drug-likeness (QED) is 0.583. The van der Waals surface area contributed by atoms with Crippen LogP contribution in [0.4, 0.5) is 0 Å². The summed E-state index contributed by atoms with van der Waals surface area (Å²) in [6.45, 7) is 2.27. The Labute approximate surface area is 172 Å². The van der Waals surface area contributed by atoms with Crippen molar-refractivity contribution in [3.63, 3.8) is 0 Å². The van der Waals surface area contributed by atoms with Crippen molar-refractivity contribution in [3.8, 4) is 0 Å². The van der Waals surface area contributed by atoms with Crippen molar-refractivity contribution in [2.45, 2.75) is 63.2 Å². The maximum Gasteiger partial charge on any atom is 1.00 e. The number of aryl methyl sites for hydroxylation is 1. The van der Waals surface area contributed by atoms with Crippen molar-refractivity contribution in [3.05, 3.63) is 34.9 Å². The van der Waals surface area contributed by atoms with Crippen molar-refractivity contribution in [1.82, 2.24) is 0 Å². The van der Waals surface area contributed by atoms with Crippen LogP contribution in [0.15, 0.2) is 18.2 Å². The molecule has 0 radical (unpaired) electrons. The zero-order chi connectivity index (χ0) is 17.1. The summed E-state index contributed by atoms with van der Waals surface area (Å²) in [6, 6.07) is 5.80. The van der Waals surface area contributed by atoms with Crippen LogP contribution >= 0.6 is 0 Å². The van der Waals surface area contributed by atoms with Gasteiger partial charge in [0.15, 0.2) is 0 Å². The summed E-state index contributed by atoms with van der Waals surface area (Å²) in [4.78, 5) is 0. The van der Waals surface area contributed by atoms with Crippen LogP contribution in [0.3, 0.4) is 0 Å². The molecule has 6 heteroatoms. The SMILES string of the molecule is C[C@]12CC[C@@H]3c4ccc(CS(=O)(=O)[O-])cc4CC[C@H]3[C@@H]1CCC2O.[Na+]. The number of aliphatic hydroxyl groups is 1. The van der Waals surface area contributed by atoms with E-state index in [0.717, 1.165) is 38.5 Å². The first kappa shape index (κ1) is 19.8. The third kappa shape index (κ3) is 3.48. The van der Waals surface area contributed by atoms with E-state index in [9.17, 15) is 18.1 Å². The summed E-state index contributed by atoms with van der Waals surface area (Å²) in [5.41, 5.74) is 3.26. The van der Waals surface area contributed by atoms with E-state index in [1.54, 1.807) is 0 Å². The van der Waals surface area contributed by atoms with Crippen molar-refractivity contribution in [2.75, 3.05) is 0 Å². The molecule has 0 bridgehead atoms. The molecule has 4 rings (SSSR count). The van der Waals surface area contributed by atoms with Crippen molar-refractivity contribution in [2.24, 2.45) is 17.3 Å². The Morgan fingerprint density at radius 2 is 2.00 bits per heavy atom. The summed E-state index contributed by atoms with van der Waals surface area (Å²) in [5, 5.41) is 10.4. The molecule has 2 saturated carbocycles. The number of hydrogen-bond donors (Lipinski definition) is 1. The van der Waals surface area contributed by atoms with Gasteiger partial charge in [-0.1, -0.05) is 25.1 Å². The minimum atomic E-state index is -4.23. The third-order valence-electron chi connectivity index (χ3n) is 7.08. The van der Waals surface area contributed by atoms with Gasteiger partial charge in [-0.05, 0) is 78.4 Å². The van der Waals surface area contributed by atoms with Gasteiger partial charge in [0.05, 0.1) is 22.0 Å². The minimum Gasteiger partial charge on any atom is -0.748 e. The van der Waals surface area contributed by atoms with Crippen LogP contribution in [0, 0.1) is 17.3 Å². The van der Waals surface area contributed by atoms with Gasteiger partial charge in [-0.2, -0.15) is 0 Å². The molecule has 0 amide bonds. The van der Waals surface area contributed by atoms with E-state index >= 15 is 0 Å². The van der Waals surface area contributed by atoms with E-state index in [1.807, 2.05) is 12.1 Å². The third-order valence-corrected chi connectivity index (χ3v) is 7.77. The van der Waals surface area contributed by atoms with Crippen LogP contribution in [0.1, 0.15) is 61.6 Å². The molecule has 1 aromatic carbocycles. The molecule has 0 heterocycles. The molecule has 1 aromatic rings. The van der Waals surface area contributed by atoms with Gasteiger partial charge in [0.25, 0.3) is 0 Å². The summed E-state index contributed by atoms with van der Waals surface area (Å²) in [7, 11) is -4.23. The predicted molar refractivity (Wildman–Crippen MR) is 90.5 cm³/mol. The molecular weight excluding hydrogens is 347 g/mol. The molecule has 0 aromatic heterocycles. The molecule has 132 valence electrons. The van der Waals surface area contributed by atoms with Crippen molar-refractivity contribution in [1.29, 1.82) is 0 Å². The van der Waals surface area contributed by atoms with E-state index in [2.05, 4.69) is 13.0 Å². The Morgan fingerprint density at radius 3 is 2.72 bits per heavy atom. The van der Waals surface area contributed by atoms with E-state index < -0.39 is 15.9 Å². The van der Waals surface area contributed by atoms with Crippen LogP contribution in [0.5, 0.6) is 0 Å². The average Bonchev–Trinajstić information content (AvgIpc) is 2.81. The Kier molecular flexibility index (Phi) is 5.49. The molecule has 1 N–H and O–H groups in total. The monoisotopic (exact) mass is 372 g/mol. The Balaban J connectivity index is 0.00000182. The molecule has 2 fully saturated rings. The average molecular weight is 372 g/mol. The van der Waals surface area contributed by atoms with Crippen LogP contribution in [0.2, 0.25) is 0 Å². The van der Waals surface area contributed by atoms with Crippen LogP contribution < -0.4 is 29.6 Å². The maximum atomic E-state index is 11.0. The number of benzene rings is 1. The molecular formula is C19H25NaO4S. The standard InChI is InChI=1S/C19H26O4S.Na/c1-19-9-8-15-14-4-2-12(11-24(21,22)23)10-13(14)3-5-16(15)17(19)6-7-18(19)20;/h2,4,10,15-18,20H,3,5-9,11H2,1H3,(H,21,22,23);/q;+1/p-1/t15-,16-,17+,18?,19+;/m1./s1. The summed E-state index contributed by atoms with van der Waals surface area (Å²) < 4.78 is 33.0. The second-order valence-electron chi connectivity index (χ2n) is 8.29. The Bertz CT molecular complexity index is 763. The second-order valence-corrected chi connectivity index (χ2v) is 9.69. The normalized spacial score (nSPS) is 36.8. The topological polar surface area (TPSA) is 77.4 Å². The predicted octanol–water partition coefficient (Wildman–Crippen LogP) is -0.0472. The van der Waals surface area contributed by atoms with Crippen LogP contribution in [0.25, 0.3) is 0 Å². The minimum absolute atomic E-state index is 0. The first-order valence-corrected chi connectivity index (χ1v) is 10.6.